The third kappa shape index (κ3) is 8.25. The summed E-state index contributed by atoms with van der Waals surface area (Å²) in [6.07, 6.45) is 0.624. The van der Waals surface area contributed by atoms with Crippen molar-refractivity contribution in [2.24, 2.45) is 5.16 Å². The number of unbranched alkanes of at least 4 members (excludes halogenated alkanes) is 1. The van der Waals surface area contributed by atoms with Crippen molar-refractivity contribution in [1.29, 1.82) is 0 Å². The number of alkyl halides is 1. The second-order valence-electron chi connectivity index (χ2n) is 11.6. The summed E-state index contributed by atoms with van der Waals surface area (Å²) < 4.78 is 28.1. The number of nitrogens with one attached hydrogen (secondary N) is 2. The van der Waals surface area contributed by atoms with E-state index in [9.17, 15) is 28.2 Å². The molecule has 1 aromatic rings. The van der Waals surface area contributed by atoms with Crippen molar-refractivity contribution >= 4 is 82.5 Å². The lowest BCUT2D eigenvalue weighted by Crippen LogP contribution is -2.74. The Hall–Kier alpha value is -3.51. The van der Waals surface area contributed by atoms with Gasteiger partial charge in [-0.05, 0) is 53.5 Å². The monoisotopic (exact) mass is 699 g/mol. The zero-order valence-electron chi connectivity index (χ0n) is 26.3. The molecule has 3 rings (SSSR count). The van der Waals surface area contributed by atoms with Crippen LogP contribution in [-0.4, -0.2) is 98.1 Å². The lowest BCUT2D eigenvalue weighted by Gasteiger charge is -2.50. The number of carbonyl (C=O) groups excluding carboxylic acids is 5. The molecule has 250 valence electrons. The number of amides is 3. The first-order valence-corrected chi connectivity index (χ1v) is 16.8. The first-order chi connectivity index (χ1) is 21.5. The summed E-state index contributed by atoms with van der Waals surface area (Å²) in [4.78, 5) is 74.9. The van der Waals surface area contributed by atoms with Gasteiger partial charge < -0.3 is 24.3 Å². The second kappa shape index (κ2) is 14.9. The zero-order chi connectivity index (χ0) is 34.6. The fraction of sp³-hybridized carbons (Fsp3) is 0.593. The smallest absolute Gasteiger partial charge is 0.413 e. The molecule has 1 aromatic heterocycles. The summed E-state index contributed by atoms with van der Waals surface area (Å²) in [7, 11) is 3.26. The molecule has 46 heavy (non-hydrogen) atoms. The molecular weight excluding hydrogens is 665 g/mol. The normalized spacial score (nSPS) is 21.5. The average molecular weight is 700 g/mol. The van der Waals surface area contributed by atoms with Crippen LogP contribution in [0.2, 0.25) is 0 Å². The van der Waals surface area contributed by atoms with Crippen LogP contribution in [0, 0.1) is 0 Å². The molecule has 0 saturated carbocycles. The van der Waals surface area contributed by atoms with E-state index in [0.29, 0.717) is 6.42 Å². The van der Waals surface area contributed by atoms with E-state index >= 15 is 0 Å². The van der Waals surface area contributed by atoms with Crippen molar-refractivity contribution in [3.05, 3.63) is 22.3 Å². The van der Waals surface area contributed by atoms with Crippen LogP contribution in [-0.2, 0) is 48.9 Å². The quantitative estimate of drug-likeness (QED) is 0.0619. The van der Waals surface area contributed by atoms with Crippen LogP contribution in [0.3, 0.4) is 0 Å². The standard InChI is InChI=1S/C27H35BClN5O10S2/c1-8-9-10-41-23(38)27(6,7)44-33-16(15-12-45-24(30-15)32-25(39)42-26(3,4)5)19(35)31-17-20(36)34-18(22(37)43-28)14(11-29)13(2)46(40)21(17)34/h12-13,17,21H,8-11H2,1-7H3,(H,31,35)(H,30,32,39)/b33-16-/t13-,17-,21-,46?/m1/s1. The molecule has 1 unspecified atom stereocenters. The van der Waals surface area contributed by atoms with Gasteiger partial charge in [0.1, 0.15) is 28.4 Å². The van der Waals surface area contributed by atoms with Gasteiger partial charge >= 0.3 is 26.1 Å². The number of hydrogen-bond acceptors (Lipinski definition) is 13. The Morgan fingerprint density at radius 2 is 1.89 bits per heavy atom. The summed E-state index contributed by atoms with van der Waals surface area (Å²) in [6.45, 7) is 11.4. The lowest BCUT2D eigenvalue weighted by atomic mass is 10.0. The number of carbonyl (C=O) groups is 5. The first kappa shape index (κ1) is 37.0. The predicted octanol–water partition coefficient (Wildman–Crippen LogP) is 2.26. The Bertz CT molecular complexity index is 1470. The number of oxime groups is 1. The molecule has 0 spiro atoms. The maximum atomic E-state index is 13.7. The molecule has 1 saturated heterocycles. The van der Waals surface area contributed by atoms with Crippen molar-refractivity contribution in [3.63, 3.8) is 0 Å². The number of ether oxygens (including phenoxy) is 2. The Labute approximate surface area is 278 Å². The predicted molar refractivity (Wildman–Crippen MR) is 169 cm³/mol. The van der Waals surface area contributed by atoms with E-state index < -0.39 is 74.2 Å². The summed E-state index contributed by atoms with van der Waals surface area (Å²) >= 11 is 6.93. The molecule has 2 aliphatic heterocycles. The first-order valence-electron chi connectivity index (χ1n) is 14.1. The summed E-state index contributed by atoms with van der Waals surface area (Å²) in [5.74, 6) is -3.81. The molecule has 2 radical (unpaired) electrons. The number of fused-ring (bicyclic) bond motifs is 1. The molecular formula is C27H35BClN5O10S2. The van der Waals surface area contributed by atoms with Crippen LogP contribution in [0.4, 0.5) is 9.93 Å². The maximum absolute atomic E-state index is 13.7. The van der Waals surface area contributed by atoms with Gasteiger partial charge in [-0.3, -0.25) is 24.0 Å². The van der Waals surface area contributed by atoms with Gasteiger partial charge in [0.15, 0.2) is 10.8 Å². The van der Waals surface area contributed by atoms with Crippen molar-refractivity contribution in [1.82, 2.24) is 15.2 Å². The van der Waals surface area contributed by atoms with Gasteiger partial charge in [-0.1, -0.05) is 18.5 Å². The van der Waals surface area contributed by atoms with E-state index in [1.165, 1.54) is 19.2 Å². The van der Waals surface area contributed by atoms with E-state index in [-0.39, 0.29) is 34.6 Å². The minimum atomic E-state index is -1.81. The van der Waals surface area contributed by atoms with Crippen LogP contribution in [0.1, 0.15) is 67.0 Å². The Balaban J connectivity index is 1.92. The van der Waals surface area contributed by atoms with Crippen molar-refractivity contribution in [2.75, 3.05) is 17.8 Å². The van der Waals surface area contributed by atoms with E-state index in [2.05, 4.69) is 25.4 Å². The largest absolute Gasteiger partial charge is 0.539 e. The fourth-order valence-electron chi connectivity index (χ4n) is 4.15. The lowest BCUT2D eigenvalue weighted by molar-refractivity contribution is -0.168. The topological polar surface area (TPSA) is 192 Å². The molecule has 15 nitrogen and oxygen atoms in total. The van der Waals surface area contributed by atoms with Gasteiger partial charge in [-0.25, -0.2) is 19.4 Å². The number of aromatic nitrogens is 1. The Morgan fingerprint density at radius 1 is 1.22 bits per heavy atom. The number of halogens is 1. The summed E-state index contributed by atoms with van der Waals surface area (Å²) in [6, 6.07) is -1.37. The van der Waals surface area contributed by atoms with Crippen molar-refractivity contribution < 1.29 is 47.1 Å². The number of hydrogen-bond donors (Lipinski definition) is 2. The highest BCUT2D eigenvalue weighted by molar-refractivity contribution is 7.86. The fourth-order valence-corrected chi connectivity index (χ4v) is 7.05. The number of β-lactam (4-membered cyclic amide) rings is 1. The van der Waals surface area contributed by atoms with Crippen molar-refractivity contribution in [2.45, 2.75) is 89.2 Å². The number of anilines is 1. The molecule has 0 aliphatic carbocycles. The minimum absolute atomic E-state index is 0.0415. The Morgan fingerprint density at radius 3 is 2.48 bits per heavy atom. The highest BCUT2D eigenvalue weighted by Gasteiger charge is 2.59. The highest BCUT2D eigenvalue weighted by atomic mass is 35.5. The SMILES string of the molecule is [B]OC(=O)C1=C(CCl)[C@@H](C)S(=O)[C@@H]2[C@H](NC(=O)/C(=N\OC(C)(C)C(=O)OCCCC)c3csc(NC(=O)OC(C)(C)C)n3)C(=O)N12. The van der Waals surface area contributed by atoms with Gasteiger partial charge in [0.2, 0.25) is 5.60 Å². The average Bonchev–Trinajstić information content (AvgIpc) is 3.43. The van der Waals surface area contributed by atoms with Gasteiger partial charge in [0.05, 0.1) is 22.7 Å². The van der Waals surface area contributed by atoms with Crippen LogP contribution >= 0.6 is 22.9 Å². The third-order valence-electron chi connectivity index (χ3n) is 6.55. The molecule has 2 aliphatic rings. The summed E-state index contributed by atoms with van der Waals surface area (Å²) in [5, 5.41) is 8.31. The highest BCUT2D eigenvalue weighted by Crippen LogP contribution is 2.39. The van der Waals surface area contributed by atoms with Gasteiger partial charge in [-0.15, -0.1) is 22.9 Å². The number of rotatable bonds is 12. The summed E-state index contributed by atoms with van der Waals surface area (Å²) in [5.41, 5.74) is -3.06. The third-order valence-corrected chi connectivity index (χ3v) is 9.54. The number of esters is 1. The zero-order valence-corrected chi connectivity index (χ0v) is 28.7. The van der Waals surface area contributed by atoms with E-state index in [4.69, 9.17) is 34.0 Å². The molecule has 3 amide bonds. The molecule has 2 N–H and O–H groups in total. The maximum Gasteiger partial charge on any atom is 0.413 e. The minimum Gasteiger partial charge on any atom is -0.539 e. The molecule has 19 heteroatoms. The number of thiazole rings is 1. The molecule has 4 atom stereocenters. The molecule has 1 fully saturated rings. The molecule has 0 aromatic carbocycles. The van der Waals surface area contributed by atoms with E-state index in [1.807, 2.05) is 6.92 Å². The van der Waals surface area contributed by atoms with Crippen LogP contribution in [0.25, 0.3) is 0 Å². The molecule has 3 heterocycles. The second-order valence-corrected chi connectivity index (χ2v) is 14.6. The van der Waals surface area contributed by atoms with E-state index in [0.717, 1.165) is 22.7 Å². The Kier molecular flexibility index (Phi) is 12.0. The van der Waals surface area contributed by atoms with E-state index in [1.54, 1.807) is 27.7 Å². The molecule has 0 bridgehead atoms. The van der Waals surface area contributed by atoms with Gasteiger partial charge in [0.25, 0.3) is 11.8 Å². The van der Waals surface area contributed by atoms with Gasteiger partial charge in [-0.2, -0.15) is 0 Å². The van der Waals surface area contributed by atoms with Gasteiger partial charge in [0, 0.05) is 11.3 Å². The van der Waals surface area contributed by atoms with Crippen LogP contribution in [0.15, 0.2) is 21.8 Å². The van der Waals surface area contributed by atoms with Crippen molar-refractivity contribution in [3.8, 4) is 0 Å². The number of nitrogens with zero attached hydrogens (tertiary/aromatic N) is 3. The van der Waals surface area contributed by atoms with Crippen LogP contribution in [0.5, 0.6) is 0 Å². The van der Waals surface area contributed by atoms with Crippen LogP contribution < -0.4 is 10.6 Å².